The van der Waals surface area contributed by atoms with Crippen molar-refractivity contribution in [2.75, 3.05) is 43.6 Å². The number of hydrogen-bond donors (Lipinski definition) is 1. The quantitative estimate of drug-likeness (QED) is 0.856. The number of fused-ring (bicyclic) bond motifs is 1. The summed E-state index contributed by atoms with van der Waals surface area (Å²) >= 11 is 0. The van der Waals surface area contributed by atoms with Crippen molar-refractivity contribution < 1.29 is 4.74 Å². The summed E-state index contributed by atoms with van der Waals surface area (Å²) in [4.78, 5) is 7.21. The summed E-state index contributed by atoms with van der Waals surface area (Å²) in [5.74, 6) is 1.13. The van der Waals surface area contributed by atoms with Gasteiger partial charge in [-0.2, -0.15) is 0 Å². The number of rotatable bonds is 5. The normalized spacial score (nSPS) is 15.3. The molecule has 0 unspecified atom stereocenters. The van der Waals surface area contributed by atoms with Gasteiger partial charge in [0.25, 0.3) is 0 Å². The van der Waals surface area contributed by atoms with Crippen LogP contribution in [0.2, 0.25) is 0 Å². The van der Waals surface area contributed by atoms with Gasteiger partial charge in [0.2, 0.25) is 0 Å². The van der Waals surface area contributed by atoms with E-state index in [0.717, 1.165) is 31.1 Å². The molecule has 1 aromatic carbocycles. The zero-order valence-electron chi connectivity index (χ0n) is 13.6. The van der Waals surface area contributed by atoms with Gasteiger partial charge >= 0.3 is 0 Å². The van der Waals surface area contributed by atoms with Gasteiger partial charge in [0.1, 0.15) is 5.82 Å². The molecule has 0 spiro atoms. The molecule has 1 aliphatic rings. The van der Waals surface area contributed by atoms with Gasteiger partial charge in [-0.3, -0.25) is 0 Å². The summed E-state index contributed by atoms with van der Waals surface area (Å²) in [5.41, 5.74) is 2.39. The van der Waals surface area contributed by atoms with E-state index >= 15 is 0 Å². The molecule has 1 N–H and O–H groups in total. The Morgan fingerprint density at radius 1 is 1.23 bits per heavy atom. The van der Waals surface area contributed by atoms with Crippen LogP contribution < -0.4 is 10.2 Å². The number of pyridine rings is 1. The van der Waals surface area contributed by atoms with Gasteiger partial charge in [-0.05, 0) is 31.7 Å². The van der Waals surface area contributed by atoms with Gasteiger partial charge < -0.3 is 15.0 Å². The third-order valence-corrected chi connectivity index (χ3v) is 4.38. The molecule has 22 heavy (non-hydrogen) atoms. The average molecular weight is 299 g/mol. The predicted octanol–water partition coefficient (Wildman–Crippen LogP) is 3.59. The van der Waals surface area contributed by atoms with Crippen LogP contribution in [-0.4, -0.2) is 38.3 Å². The lowest BCUT2D eigenvalue weighted by molar-refractivity contribution is 0.211. The maximum atomic E-state index is 5.13. The van der Waals surface area contributed by atoms with Gasteiger partial charge in [-0.1, -0.05) is 18.2 Å². The lowest BCUT2D eigenvalue weighted by Gasteiger charge is -2.29. The highest BCUT2D eigenvalue weighted by Gasteiger charge is 2.17. The molecule has 0 amide bonds. The molecule has 3 rings (SSSR count). The van der Waals surface area contributed by atoms with E-state index in [0.29, 0.717) is 6.61 Å². The molecule has 4 heteroatoms. The molecular formula is C18H25N3O. The second kappa shape index (κ2) is 6.97. The zero-order valence-corrected chi connectivity index (χ0v) is 13.6. The minimum Gasteiger partial charge on any atom is -0.383 e. The molecule has 2 heterocycles. The van der Waals surface area contributed by atoms with E-state index < -0.39 is 0 Å². The molecule has 0 saturated carbocycles. The lowest BCUT2D eigenvalue weighted by Crippen LogP contribution is -2.30. The first kappa shape index (κ1) is 15.1. The first-order chi connectivity index (χ1) is 10.8. The molecule has 2 aromatic rings. The standard InChI is InChI=1S/C18H25N3O/c1-14-7-6-8-15-17(14)16(19-9-12-22-2)13-20-18(15)21-10-4-3-5-11-21/h6-8,13,19H,3-5,9-12H2,1-2H3. The summed E-state index contributed by atoms with van der Waals surface area (Å²) in [6.07, 6.45) is 5.85. The molecule has 4 nitrogen and oxygen atoms in total. The van der Waals surface area contributed by atoms with Crippen LogP contribution in [0.3, 0.4) is 0 Å². The van der Waals surface area contributed by atoms with E-state index in [2.05, 4.69) is 35.3 Å². The Labute approximate surface area is 132 Å². The number of anilines is 2. The van der Waals surface area contributed by atoms with Crippen molar-refractivity contribution in [2.24, 2.45) is 0 Å². The van der Waals surface area contributed by atoms with Crippen molar-refractivity contribution in [3.05, 3.63) is 30.0 Å². The highest BCUT2D eigenvalue weighted by atomic mass is 16.5. The summed E-state index contributed by atoms with van der Waals surface area (Å²) in [7, 11) is 1.72. The number of nitrogens with zero attached hydrogens (tertiary/aromatic N) is 2. The van der Waals surface area contributed by atoms with Gasteiger partial charge in [0.05, 0.1) is 18.5 Å². The van der Waals surface area contributed by atoms with Crippen LogP contribution in [-0.2, 0) is 4.74 Å². The van der Waals surface area contributed by atoms with Gasteiger partial charge in [0, 0.05) is 37.5 Å². The van der Waals surface area contributed by atoms with E-state index in [1.165, 1.54) is 35.6 Å². The highest BCUT2D eigenvalue weighted by molar-refractivity contribution is 6.02. The van der Waals surface area contributed by atoms with Crippen LogP contribution in [0, 0.1) is 6.92 Å². The minimum absolute atomic E-state index is 0.696. The zero-order chi connectivity index (χ0) is 15.4. The maximum absolute atomic E-state index is 5.13. The Balaban J connectivity index is 2.01. The molecule has 1 saturated heterocycles. The van der Waals surface area contributed by atoms with E-state index in [-0.39, 0.29) is 0 Å². The number of nitrogens with one attached hydrogen (secondary N) is 1. The van der Waals surface area contributed by atoms with Gasteiger partial charge in [-0.25, -0.2) is 4.98 Å². The van der Waals surface area contributed by atoms with Crippen molar-refractivity contribution in [3.63, 3.8) is 0 Å². The third-order valence-electron chi connectivity index (χ3n) is 4.38. The van der Waals surface area contributed by atoms with Crippen molar-refractivity contribution in [1.82, 2.24) is 4.98 Å². The number of aromatic nitrogens is 1. The topological polar surface area (TPSA) is 37.4 Å². The minimum atomic E-state index is 0.696. The molecule has 0 aliphatic carbocycles. The monoisotopic (exact) mass is 299 g/mol. The summed E-state index contributed by atoms with van der Waals surface area (Å²) < 4.78 is 5.13. The predicted molar refractivity (Wildman–Crippen MR) is 92.9 cm³/mol. The van der Waals surface area contributed by atoms with Crippen molar-refractivity contribution >= 4 is 22.3 Å². The van der Waals surface area contributed by atoms with Crippen LogP contribution in [0.15, 0.2) is 24.4 Å². The summed E-state index contributed by atoms with van der Waals surface area (Å²) in [5, 5.41) is 5.99. The molecule has 0 atom stereocenters. The fourth-order valence-electron chi connectivity index (χ4n) is 3.25. The second-order valence-electron chi connectivity index (χ2n) is 5.96. The fourth-order valence-corrected chi connectivity index (χ4v) is 3.25. The van der Waals surface area contributed by atoms with Crippen molar-refractivity contribution in [3.8, 4) is 0 Å². The third kappa shape index (κ3) is 3.02. The smallest absolute Gasteiger partial charge is 0.136 e. The van der Waals surface area contributed by atoms with Gasteiger partial charge in [0.15, 0.2) is 0 Å². The Kier molecular flexibility index (Phi) is 4.78. The van der Waals surface area contributed by atoms with E-state index in [1.807, 2.05) is 6.20 Å². The first-order valence-corrected chi connectivity index (χ1v) is 8.17. The Morgan fingerprint density at radius 2 is 2.05 bits per heavy atom. The van der Waals surface area contributed by atoms with E-state index in [1.54, 1.807) is 7.11 Å². The Hall–Kier alpha value is -1.81. The Bertz CT molecular complexity index is 636. The number of methoxy groups -OCH3 is 1. The number of hydrogen-bond acceptors (Lipinski definition) is 4. The van der Waals surface area contributed by atoms with Crippen LogP contribution in [0.5, 0.6) is 0 Å². The molecule has 118 valence electrons. The molecule has 0 radical (unpaired) electrons. The molecular weight excluding hydrogens is 274 g/mol. The second-order valence-corrected chi connectivity index (χ2v) is 5.96. The average Bonchev–Trinajstić information content (AvgIpc) is 2.56. The molecule has 1 aliphatic heterocycles. The highest BCUT2D eigenvalue weighted by Crippen LogP contribution is 2.33. The van der Waals surface area contributed by atoms with Crippen LogP contribution >= 0.6 is 0 Å². The largest absolute Gasteiger partial charge is 0.383 e. The molecule has 1 fully saturated rings. The molecule has 0 bridgehead atoms. The van der Waals surface area contributed by atoms with E-state index in [4.69, 9.17) is 9.72 Å². The summed E-state index contributed by atoms with van der Waals surface area (Å²) in [6, 6.07) is 6.50. The number of piperidine rings is 1. The van der Waals surface area contributed by atoms with E-state index in [9.17, 15) is 0 Å². The number of aryl methyl sites for hydroxylation is 1. The summed E-state index contributed by atoms with van der Waals surface area (Å²) in [6.45, 7) is 5.90. The maximum Gasteiger partial charge on any atom is 0.136 e. The van der Waals surface area contributed by atoms with Crippen LogP contribution in [0.1, 0.15) is 24.8 Å². The lowest BCUT2D eigenvalue weighted by atomic mass is 10.0. The first-order valence-electron chi connectivity index (χ1n) is 8.17. The van der Waals surface area contributed by atoms with Crippen LogP contribution in [0.4, 0.5) is 11.5 Å². The van der Waals surface area contributed by atoms with Crippen molar-refractivity contribution in [2.45, 2.75) is 26.2 Å². The van der Waals surface area contributed by atoms with Gasteiger partial charge in [-0.15, -0.1) is 0 Å². The number of ether oxygens (including phenoxy) is 1. The fraction of sp³-hybridized carbons (Fsp3) is 0.500. The SMILES string of the molecule is COCCNc1cnc(N2CCCCC2)c2cccc(C)c12. The van der Waals surface area contributed by atoms with Crippen molar-refractivity contribution in [1.29, 1.82) is 0 Å². The Morgan fingerprint density at radius 3 is 2.82 bits per heavy atom. The molecule has 1 aromatic heterocycles. The van der Waals surface area contributed by atoms with Crippen LogP contribution in [0.25, 0.3) is 10.8 Å². The number of benzene rings is 1.